The van der Waals surface area contributed by atoms with Gasteiger partial charge in [0.15, 0.2) is 0 Å². The molecule has 3 rings (SSSR count). The summed E-state index contributed by atoms with van der Waals surface area (Å²) in [6.07, 6.45) is 1.46. The summed E-state index contributed by atoms with van der Waals surface area (Å²) in [5, 5.41) is 2.88. The zero-order chi connectivity index (χ0) is 16.6. The van der Waals surface area contributed by atoms with Crippen molar-refractivity contribution in [1.29, 1.82) is 0 Å². The molecule has 1 aliphatic rings. The second kappa shape index (κ2) is 5.91. The van der Waals surface area contributed by atoms with Crippen molar-refractivity contribution in [2.45, 2.75) is 33.6 Å². The van der Waals surface area contributed by atoms with Gasteiger partial charge in [-0.3, -0.25) is 9.59 Å². The van der Waals surface area contributed by atoms with E-state index in [0.29, 0.717) is 29.2 Å². The molecule has 5 heteroatoms. The number of amides is 2. The lowest BCUT2D eigenvalue weighted by Gasteiger charge is -2.19. The van der Waals surface area contributed by atoms with Crippen LogP contribution in [0.15, 0.2) is 28.7 Å². The van der Waals surface area contributed by atoms with E-state index in [9.17, 15) is 9.59 Å². The first-order valence-corrected chi connectivity index (χ1v) is 7.75. The van der Waals surface area contributed by atoms with Gasteiger partial charge >= 0.3 is 0 Å². The number of hydrogen-bond donors (Lipinski definition) is 1. The number of carbonyl (C=O) groups is 2. The van der Waals surface area contributed by atoms with Gasteiger partial charge in [-0.25, -0.2) is 0 Å². The molecule has 120 valence electrons. The van der Waals surface area contributed by atoms with E-state index in [4.69, 9.17) is 4.42 Å². The van der Waals surface area contributed by atoms with E-state index in [1.807, 2.05) is 32.0 Å². The zero-order valence-electron chi connectivity index (χ0n) is 13.6. The second-order valence-corrected chi connectivity index (χ2v) is 5.93. The predicted octanol–water partition coefficient (Wildman–Crippen LogP) is 3.58. The van der Waals surface area contributed by atoms with Crippen LogP contribution in [0.2, 0.25) is 0 Å². The molecule has 2 aromatic rings. The van der Waals surface area contributed by atoms with Crippen LogP contribution < -0.4 is 10.2 Å². The maximum Gasteiger partial charge on any atom is 0.259 e. The Morgan fingerprint density at radius 3 is 2.61 bits per heavy atom. The third-order valence-electron chi connectivity index (χ3n) is 4.12. The lowest BCUT2D eigenvalue weighted by molar-refractivity contribution is -0.117. The smallest absolute Gasteiger partial charge is 0.259 e. The van der Waals surface area contributed by atoms with Crippen LogP contribution in [-0.4, -0.2) is 18.4 Å². The zero-order valence-corrected chi connectivity index (χ0v) is 13.6. The SMILES string of the molecule is Cc1cc(C(=O)Nc2ccc(C)c(N3CCCC3=O)c2)c(C)o1. The summed E-state index contributed by atoms with van der Waals surface area (Å²) in [5.41, 5.74) is 3.09. The van der Waals surface area contributed by atoms with E-state index in [0.717, 1.165) is 24.2 Å². The van der Waals surface area contributed by atoms with Gasteiger partial charge in [-0.2, -0.15) is 0 Å². The number of nitrogens with zero attached hydrogens (tertiary/aromatic N) is 1. The van der Waals surface area contributed by atoms with Crippen LogP contribution in [0, 0.1) is 20.8 Å². The fourth-order valence-corrected chi connectivity index (χ4v) is 2.94. The predicted molar refractivity (Wildman–Crippen MR) is 88.9 cm³/mol. The fourth-order valence-electron chi connectivity index (χ4n) is 2.94. The highest BCUT2D eigenvalue weighted by Crippen LogP contribution is 2.28. The molecular formula is C18H20N2O3. The average molecular weight is 312 g/mol. The summed E-state index contributed by atoms with van der Waals surface area (Å²) < 4.78 is 5.40. The van der Waals surface area contributed by atoms with Crippen molar-refractivity contribution in [1.82, 2.24) is 0 Å². The van der Waals surface area contributed by atoms with Gasteiger partial charge in [-0.15, -0.1) is 0 Å². The van der Waals surface area contributed by atoms with Crippen LogP contribution in [0.3, 0.4) is 0 Å². The molecule has 0 unspecified atom stereocenters. The minimum Gasteiger partial charge on any atom is -0.466 e. The van der Waals surface area contributed by atoms with E-state index in [2.05, 4.69) is 5.32 Å². The van der Waals surface area contributed by atoms with Gasteiger partial charge in [-0.05, 0) is 51.0 Å². The van der Waals surface area contributed by atoms with Crippen LogP contribution in [0.25, 0.3) is 0 Å². The minimum absolute atomic E-state index is 0.137. The second-order valence-electron chi connectivity index (χ2n) is 5.93. The third kappa shape index (κ3) is 2.99. The normalized spacial score (nSPS) is 14.4. The minimum atomic E-state index is -0.207. The van der Waals surface area contributed by atoms with Crippen LogP contribution in [-0.2, 0) is 4.79 Å². The summed E-state index contributed by atoms with van der Waals surface area (Å²) in [6, 6.07) is 7.35. The molecule has 0 aliphatic carbocycles. The summed E-state index contributed by atoms with van der Waals surface area (Å²) in [6.45, 7) is 6.28. The molecule has 0 radical (unpaired) electrons. The number of aryl methyl sites for hydroxylation is 3. The van der Waals surface area contributed by atoms with E-state index in [1.165, 1.54) is 0 Å². The topological polar surface area (TPSA) is 62.6 Å². The molecule has 1 saturated heterocycles. The van der Waals surface area contributed by atoms with Crippen molar-refractivity contribution in [3.8, 4) is 0 Å². The van der Waals surface area contributed by atoms with Gasteiger partial charge < -0.3 is 14.6 Å². The highest BCUT2D eigenvalue weighted by molar-refractivity contribution is 6.05. The van der Waals surface area contributed by atoms with Crippen molar-refractivity contribution in [2.75, 3.05) is 16.8 Å². The Balaban J connectivity index is 1.85. The van der Waals surface area contributed by atoms with Gasteiger partial charge in [0.05, 0.1) is 5.56 Å². The Hall–Kier alpha value is -2.56. The van der Waals surface area contributed by atoms with Crippen molar-refractivity contribution in [2.24, 2.45) is 0 Å². The number of rotatable bonds is 3. The summed E-state index contributed by atoms with van der Waals surface area (Å²) in [7, 11) is 0. The van der Waals surface area contributed by atoms with E-state index in [1.54, 1.807) is 17.9 Å². The Kier molecular flexibility index (Phi) is 3.94. The highest BCUT2D eigenvalue weighted by atomic mass is 16.3. The lowest BCUT2D eigenvalue weighted by Crippen LogP contribution is -2.24. The molecule has 0 spiro atoms. The van der Waals surface area contributed by atoms with Crippen molar-refractivity contribution in [3.63, 3.8) is 0 Å². The molecular weight excluding hydrogens is 292 g/mol. The molecule has 0 atom stereocenters. The standard InChI is InChI=1S/C18H20N2O3/c1-11-6-7-14(10-16(11)20-8-4-5-17(20)21)19-18(22)15-9-12(2)23-13(15)3/h6-7,9-10H,4-5,8H2,1-3H3,(H,19,22). The molecule has 2 amide bonds. The van der Waals surface area contributed by atoms with Crippen LogP contribution in [0.4, 0.5) is 11.4 Å². The third-order valence-corrected chi connectivity index (χ3v) is 4.12. The number of anilines is 2. The first-order chi connectivity index (χ1) is 11.0. The van der Waals surface area contributed by atoms with Gasteiger partial charge in [0.1, 0.15) is 11.5 Å². The van der Waals surface area contributed by atoms with Crippen molar-refractivity contribution in [3.05, 3.63) is 46.9 Å². The largest absolute Gasteiger partial charge is 0.466 e. The average Bonchev–Trinajstić information content (AvgIpc) is 3.06. The van der Waals surface area contributed by atoms with Crippen molar-refractivity contribution >= 4 is 23.2 Å². The van der Waals surface area contributed by atoms with Crippen LogP contribution in [0.1, 0.15) is 40.3 Å². The maximum absolute atomic E-state index is 12.4. The van der Waals surface area contributed by atoms with E-state index >= 15 is 0 Å². The van der Waals surface area contributed by atoms with E-state index in [-0.39, 0.29) is 11.8 Å². The number of carbonyl (C=O) groups excluding carboxylic acids is 2. The Labute approximate surface area is 135 Å². The van der Waals surface area contributed by atoms with Crippen molar-refractivity contribution < 1.29 is 14.0 Å². The maximum atomic E-state index is 12.4. The number of furan rings is 1. The molecule has 23 heavy (non-hydrogen) atoms. The molecule has 1 N–H and O–H groups in total. The number of hydrogen-bond acceptors (Lipinski definition) is 3. The van der Waals surface area contributed by atoms with Crippen LogP contribution >= 0.6 is 0 Å². The lowest BCUT2D eigenvalue weighted by atomic mass is 10.1. The Morgan fingerprint density at radius 1 is 1.22 bits per heavy atom. The molecule has 2 heterocycles. The number of benzene rings is 1. The molecule has 1 aromatic carbocycles. The molecule has 5 nitrogen and oxygen atoms in total. The molecule has 1 aliphatic heterocycles. The molecule has 0 bridgehead atoms. The summed E-state index contributed by atoms with van der Waals surface area (Å²) in [4.78, 5) is 26.1. The number of nitrogens with one attached hydrogen (secondary N) is 1. The van der Waals surface area contributed by atoms with Gasteiger partial charge in [0.2, 0.25) is 5.91 Å². The highest BCUT2D eigenvalue weighted by Gasteiger charge is 2.23. The monoisotopic (exact) mass is 312 g/mol. The molecule has 1 aromatic heterocycles. The quantitative estimate of drug-likeness (QED) is 0.942. The first-order valence-electron chi connectivity index (χ1n) is 7.75. The molecule has 0 saturated carbocycles. The summed E-state index contributed by atoms with van der Waals surface area (Å²) in [5.74, 6) is 1.24. The Bertz CT molecular complexity index is 777. The van der Waals surface area contributed by atoms with Crippen LogP contribution in [0.5, 0.6) is 0 Å². The van der Waals surface area contributed by atoms with Gasteiger partial charge in [-0.1, -0.05) is 6.07 Å². The summed E-state index contributed by atoms with van der Waals surface area (Å²) >= 11 is 0. The Morgan fingerprint density at radius 2 is 2.00 bits per heavy atom. The van der Waals surface area contributed by atoms with Gasteiger partial charge in [0, 0.05) is 24.3 Å². The van der Waals surface area contributed by atoms with E-state index < -0.39 is 0 Å². The first kappa shape index (κ1) is 15.3. The molecule has 1 fully saturated rings. The van der Waals surface area contributed by atoms with Gasteiger partial charge in [0.25, 0.3) is 5.91 Å². The fraction of sp³-hybridized carbons (Fsp3) is 0.333.